The maximum Gasteiger partial charge on any atom is 0.255 e. The van der Waals surface area contributed by atoms with Gasteiger partial charge in [-0.3, -0.25) is 4.79 Å². The van der Waals surface area contributed by atoms with E-state index in [-0.39, 0.29) is 5.91 Å². The largest absolute Gasteiger partial charge is 0.382 e. The molecule has 0 spiro atoms. The highest BCUT2D eigenvalue weighted by atomic mass is 32.1. The number of hydrogen-bond donors (Lipinski definition) is 5. The number of pyridine rings is 1. The second kappa shape index (κ2) is 12.7. The fourth-order valence-corrected chi connectivity index (χ4v) is 5.22. The van der Waals surface area contributed by atoms with Gasteiger partial charge in [0, 0.05) is 47.3 Å². The van der Waals surface area contributed by atoms with Gasteiger partial charge in [-0.2, -0.15) is 4.98 Å². The number of fused-ring (bicyclic) bond motifs is 2. The van der Waals surface area contributed by atoms with Gasteiger partial charge in [0.05, 0.1) is 22.1 Å². The molecule has 0 radical (unpaired) electrons. The van der Waals surface area contributed by atoms with Gasteiger partial charge in [-0.05, 0) is 80.1 Å². The van der Waals surface area contributed by atoms with Gasteiger partial charge in [-0.1, -0.05) is 18.2 Å². The minimum absolute atomic E-state index is 0.190. The first-order chi connectivity index (χ1) is 21.0. The molecule has 0 aliphatic heterocycles. The van der Waals surface area contributed by atoms with Crippen LogP contribution in [0.3, 0.4) is 0 Å². The molecule has 0 aliphatic carbocycles. The molecule has 6 rings (SSSR count). The molecule has 0 bridgehead atoms. The molecule has 2 aromatic carbocycles. The summed E-state index contributed by atoms with van der Waals surface area (Å²) in [5.74, 6) is 0.934. The van der Waals surface area contributed by atoms with Crippen molar-refractivity contribution in [1.82, 2.24) is 24.8 Å². The first-order valence-corrected chi connectivity index (χ1v) is 14.7. The molecule has 0 saturated heterocycles. The standard InChI is InChI=1S/C32H31N9OS/c1-41(2)16-4-3-14-33-23-10-8-21(9-11-23)31(42)37-24-6-5-7-25(19-24)38-32-39-27-13-17-43-28(27)30(40-32)36-26-18-22-12-15-34-29(22)35-20-26/h3-13,15,17-20,33H,14,16H2,1-2H3,(H,34,35)(H,37,42)(H2,36,38,39,40)/b4-3+. The molecular weight excluding hydrogens is 558 g/mol. The van der Waals surface area contributed by atoms with E-state index in [2.05, 4.69) is 53.3 Å². The van der Waals surface area contributed by atoms with Crippen LogP contribution in [0.5, 0.6) is 0 Å². The Bertz CT molecular complexity index is 1890. The van der Waals surface area contributed by atoms with Crippen molar-refractivity contribution in [3.05, 3.63) is 102 Å². The third-order valence-electron chi connectivity index (χ3n) is 6.55. The van der Waals surface area contributed by atoms with Crippen LogP contribution in [-0.2, 0) is 0 Å². The molecule has 6 aromatic rings. The van der Waals surface area contributed by atoms with Crippen LogP contribution < -0.4 is 21.3 Å². The van der Waals surface area contributed by atoms with Gasteiger partial charge in [0.1, 0.15) is 5.65 Å². The summed E-state index contributed by atoms with van der Waals surface area (Å²) in [5, 5.41) is 16.0. The van der Waals surface area contributed by atoms with E-state index in [1.165, 1.54) is 0 Å². The van der Waals surface area contributed by atoms with Gasteiger partial charge >= 0.3 is 0 Å². The summed E-state index contributed by atoms with van der Waals surface area (Å²) in [5.41, 5.74) is 5.41. The Balaban J connectivity index is 1.12. The van der Waals surface area contributed by atoms with Crippen molar-refractivity contribution in [3.63, 3.8) is 0 Å². The number of aromatic amines is 1. The highest BCUT2D eigenvalue weighted by Gasteiger charge is 2.12. The average molecular weight is 590 g/mol. The number of amides is 1. The van der Waals surface area contributed by atoms with Crippen molar-refractivity contribution >= 4 is 73.0 Å². The lowest BCUT2D eigenvalue weighted by molar-refractivity contribution is 0.102. The number of aromatic nitrogens is 4. The zero-order valence-corrected chi connectivity index (χ0v) is 24.6. The molecule has 11 heteroatoms. The van der Waals surface area contributed by atoms with Crippen LogP contribution in [-0.4, -0.2) is 57.9 Å². The van der Waals surface area contributed by atoms with Gasteiger partial charge in [0.2, 0.25) is 5.95 Å². The number of carbonyl (C=O) groups is 1. The van der Waals surface area contributed by atoms with Crippen molar-refractivity contribution < 1.29 is 4.79 Å². The minimum Gasteiger partial charge on any atom is -0.382 e. The quantitative estimate of drug-likeness (QED) is 0.104. The maximum absolute atomic E-state index is 13.0. The topological polar surface area (TPSA) is 123 Å². The van der Waals surface area contributed by atoms with Crippen molar-refractivity contribution in [2.24, 2.45) is 0 Å². The molecule has 4 heterocycles. The minimum atomic E-state index is -0.190. The number of likely N-dealkylation sites (N-methyl/N-ethyl adjacent to an activating group) is 1. The molecule has 1 amide bonds. The number of anilines is 6. The van der Waals surface area contributed by atoms with Gasteiger partial charge in [0.15, 0.2) is 5.82 Å². The van der Waals surface area contributed by atoms with Crippen LogP contribution in [0.4, 0.5) is 34.5 Å². The third-order valence-corrected chi connectivity index (χ3v) is 7.46. The van der Waals surface area contributed by atoms with E-state index < -0.39 is 0 Å². The molecule has 0 unspecified atom stereocenters. The molecule has 216 valence electrons. The summed E-state index contributed by atoms with van der Waals surface area (Å²) < 4.78 is 0.947. The number of H-pyrrole nitrogens is 1. The lowest BCUT2D eigenvalue weighted by Crippen LogP contribution is -2.12. The lowest BCUT2D eigenvalue weighted by Gasteiger charge is -2.12. The lowest BCUT2D eigenvalue weighted by atomic mass is 10.2. The SMILES string of the molecule is CN(C)C/C=C/CNc1ccc(C(=O)Nc2cccc(Nc3nc(Nc4cnc5[nH]ccc5c4)c4sccc4n3)c2)cc1. The van der Waals surface area contributed by atoms with Crippen molar-refractivity contribution in [3.8, 4) is 0 Å². The molecule has 0 atom stereocenters. The summed E-state index contributed by atoms with van der Waals surface area (Å²) >= 11 is 1.57. The fraction of sp³-hybridized carbons (Fsp3) is 0.125. The van der Waals surface area contributed by atoms with E-state index in [9.17, 15) is 4.79 Å². The number of nitrogens with zero attached hydrogens (tertiary/aromatic N) is 4. The van der Waals surface area contributed by atoms with Crippen LogP contribution in [0.15, 0.2) is 96.7 Å². The van der Waals surface area contributed by atoms with E-state index in [4.69, 9.17) is 4.98 Å². The van der Waals surface area contributed by atoms with Crippen LogP contribution in [0.25, 0.3) is 21.3 Å². The predicted octanol–water partition coefficient (Wildman–Crippen LogP) is 6.84. The van der Waals surface area contributed by atoms with E-state index in [1.807, 2.05) is 92.4 Å². The van der Waals surface area contributed by atoms with Gasteiger partial charge < -0.3 is 31.2 Å². The Hall–Kier alpha value is -5.26. The Morgan fingerprint density at radius 2 is 1.79 bits per heavy atom. The highest BCUT2D eigenvalue weighted by Crippen LogP contribution is 2.31. The van der Waals surface area contributed by atoms with Crippen molar-refractivity contribution in [2.45, 2.75) is 0 Å². The molecule has 5 N–H and O–H groups in total. The van der Waals surface area contributed by atoms with Crippen molar-refractivity contribution in [1.29, 1.82) is 0 Å². The van der Waals surface area contributed by atoms with Gasteiger partial charge in [0.25, 0.3) is 5.91 Å². The smallest absolute Gasteiger partial charge is 0.255 e. The Morgan fingerprint density at radius 1 is 0.930 bits per heavy atom. The van der Waals surface area contributed by atoms with Crippen LogP contribution in [0, 0.1) is 0 Å². The van der Waals surface area contributed by atoms with E-state index in [0.29, 0.717) is 23.0 Å². The Labute approximate surface area is 252 Å². The Kier molecular flexibility index (Phi) is 8.25. The van der Waals surface area contributed by atoms with Crippen molar-refractivity contribution in [2.75, 3.05) is 48.5 Å². The first kappa shape index (κ1) is 27.9. The zero-order valence-electron chi connectivity index (χ0n) is 23.8. The Morgan fingerprint density at radius 3 is 2.65 bits per heavy atom. The van der Waals surface area contributed by atoms with E-state index >= 15 is 0 Å². The molecule has 10 nitrogen and oxygen atoms in total. The molecule has 0 aliphatic rings. The average Bonchev–Trinajstić information content (AvgIpc) is 3.67. The van der Waals surface area contributed by atoms with Crippen LogP contribution >= 0.6 is 11.3 Å². The number of benzene rings is 2. The van der Waals surface area contributed by atoms with E-state index in [1.54, 1.807) is 17.5 Å². The van der Waals surface area contributed by atoms with Crippen LogP contribution in [0.2, 0.25) is 0 Å². The van der Waals surface area contributed by atoms with Gasteiger partial charge in [-0.25, -0.2) is 9.97 Å². The number of thiophene rings is 1. The number of carbonyl (C=O) groups excluding carboxylic acids is 1. The summed E-state index contributed by atoms with van der Waals surface area (Å²) in [6, 6.07) is 20.9. The van der Waals surface area contributed by atoms with E-state index in [0.717, 1.165) is 51.4 Å². The molecular formula is C32H31N9OS. The fourth-order valence-electron chi connectivity index (χ4n) is 4.44. The summed E-state index contributed by atoms with van der Waals surface area (Å²) in [4.78, 5) is 32.1. The molecule has 4 aromatic heterocycles. The van der Waals surface area contributed by atoms with Gasteiger partial charge in [-0.15, -0.1) is 11.3 Å². The third kappa shape index (κ3) is 6.97. The summed E-state index contributed by atoms with van der Waals surface area (Å²) in [7, 11) is 4.07. The predicted molar refractivity (Wildman–Crippen MR) is 177 cm³/mol. The number of nitrogens with one attached hydrogen (secondary N) is 5. The summed E-state index contributed by atoms with van der Waals surface area (Å²) in [6.45, 7) is 1.62. The zero-order chi connectivity index (χ0) is 29.6. The van der Waals surface area contributed by atoms with Crippen LogP contribution in [0.1, 0.15) is 10.4 Å². The first-order valence-electron chi connectivity index (χ1n) is 13.8. The molecule has 0 fully saturated rings. The maximum atomic E-state index is 13.0. The second-order valence-electron chi connectivity index (χ2n) is 10.1. The summed E-state index contributed by atoms with van der Waals surface area (Å²) in [6.07, 6.45) is 7.84. The normalized spacial score (nSPS) is 11.4. The monoisotopic (exact) mass is 589 g/mol. The highest BCUT2D eigenvalue weighted by molar-refractivity contribution is 7.17. The number of rotatable bonds is 11. The second-order valence-corrected chi connectivity index (χ2v) is 11.1. The molecule has 43 heavy (non-hydrogen) atoms. The molecule has 0 saturated carbocycles. The number of hydrogen-bond acceptors (Lipinski definition) is 9.